The number of aliphatic carboxylic acids is 1. The number of nitrogens with zero attached hydrogens (tertiary/aromatic N) is 1. The van der Waals surface area contributed by atoms with Gasteiger partial charge in [-0.1, -0.05) is 54.0 Å². The SMILES string of the molecule is COCCOCCC(=O)NCCCC[C@H](N=C(N)SSCSSCSSC)C(=O)O. The summed E-state index contributed by atoms with van der Waals surface area (Å²) in [6.07, 6.45) is 4.04. The summed E-state index contributed by atoms with van der Waals surface area (Å²) in [4.78, 5) is 27.2. The summed E-state index contributed by atoms with van der Waals surface area (Å²) in [5.74, 6) is -1.07. The fourth-order valence-corrected chi connectivity index (χ4v) is 9.42. The quantitative estimate of drug-likeness (QED) is 0.0688. The van der Waals surface area contributed by atoms with E-state index < -0.39 is 12.0 Å². The van der Waals surface area contributed by atoms with Gasteiger partial charge in [0.1, 0.15) is 6.04 Å². The minimum atomic E-state index is -0.986. The molecule has 0 radical (unpaired) electrons. The van der Waals surface area contributed by atoms with Gasteiger partial charge in [0.2, 0.25) is 5.91 Å². The van der Waals surface area contributed by atoms with Crippen molar-refractivity contribution in [2.75, 3.05) is 49.9 Å². The molecule has 176 valence electrons. The molecule has 30 heavy (non-hydrogen) atoms. The number of carbonyl (C=O) groups is 2. The van der Waals surface area contributed by atoms with Crippen molar-refractivity contribution < 1.29 is 24.2 Å². The molecule has 4 N–H and O–H groups in total. The van der Waals surface area contributed by atoms with Crippen molar-refractivity contribution in [2.24, 2.45) is 10.7 Å². The van der Waals surface area contributed by atoms with E-state index in [0.717, 1.165) is 10.2 Å². The summed E-state index contributed by atoms with van der Waals surface area (Å²) in [5.41, 5.74) is 5.85. The van der Waals surface area contributed by atoms with Crippen molar-refractivity contribution >= 4 is 81.8 Å². The number of carbonyl (C=O) groups excluding carboxylic acids is 1. The second-order valence-electron chi connectivity index (χ2n) is 5.48. The van der Waals surface area contributed by atoms with E-state index in [1.807, 2.05) is 0 Å². The second-order valence-corrected chi connectivity index (χ2v) is 13.6. The van der Waals surface area contributed by atoms with Crippen LogP contribution in [0.4, 0.5) is 0 Å². The van der Waals surface area contributed by atoms with E-state index in [2.05, 4.69) is 16.6 Å². The lowest BCUT2D eigenvalue weighted by Gasteiger charge is -2.10. The maximum absolute atomic E-state index is 11.7. The highest BCUT2D eigenvalue weighted by Crippen LogP contribution is 2.35. The van der Waals surface area contributed by atoms with Gasteiger partial charge >= 0.3 is 5.97 Å². The number of rotatable bonds is 20. The molecule has 0 fully saturated rings. The molecule has 14 heteroatoms. The average molecular weight is 538 g/mol. The third kappa shape index (κ3) is 20.3. The summed E-state index contributed by atoms with van der Waals surface area (Å²) >= 11 is 0. The summed E-state index contributed by atoms with van der Waals surface area (Å²) in [6, 6.07) is -0.858. The summed E-state index contributed by atoms with van der Waals surface area (Å²) in [6.45, 7) is 1.83. The van der Waals surface area contributed by atoms with E-state index in [1.165, 1.54) is 10.8 Å². The smallest absolute Gasteiger partial charge is 0.328 e. The fourth-order valence-electron chi connectivity index (χ4n) is 1.85. The number of unbranched alkanes of at least 4 members (excludes halogenated alkanes) is 1. The van der Waals surface area contributed by atoms with Crippen LogP contribution in [0.3, 0.4) is 0 Å². The van der Waals surface area contributed by atoms with Crippen LogP contribution in [0.1, 0.15) is 25.7 Å². The molecule has 0 spiro atoms. The van der Waals surface area contributed by atoms with Gasteiger partial charge in [-0.3, -0.25) is 4.79 Å². The van der Waals surface area contributed by atoms with E-state index in [9.17, 15) is 14.7 Å². The molecule has 0 rings (SSSR count). The number of aliphatic imine (C=N–C) groups is 1. The Kier molecular flexibility index (Phi) is 22.9. The molecule has 0 unspecified atom stereocenters. The van der Waals surface area contributed by atoms with Gasteiger partial charge in [-0.05, 0) is 36.3 Å². The number of amidine groups is 1. The Morgan fingerprint density at radius 2 is 1.83 bits per heavy atom. The molecule has 1 atom stereocenters. The average Bonchev–Trinajstić information content (AvgIpc) is 2.71. The molecule has 0 heterocycles. The van der Waals surface area contributed by atoms with E-state index in [-0.39, 0.29) is 11.1 Å². The number of ether oxygens (including phenoxy) is 2. The van der Waals surface area contributed by atoms with Crippen LogP contribution in [0, 0.1) is 0 Å². The van der Waals surface area contributed by atoms with Crippen molar-refractivity contribution in [2.45, 2.75) is 31.7 Å². The minimum absolute atomic E-state index is 0.0824. The molecule has 8 nitrogen and oxygen atoms in total. The predicted octanol–water partition coefficient (Wildman–Crippen LogP) is 3.78. The standard InChI is InChI=1S/C16H31N3O5S6/c1-23-9-10-24-8-6-14(20)18-7-4-3-5-13(15(21)22)19-16(17)30-29-12-28-27-11-26-25-2/h13H,3-12H2,1-2H3,(H2,17,19)(H,18,20)(H,21,22)/t13-/m0/s1. The van der Waals surface area contributed by atoms with E-state index in [4.69, 9.17) is 15.2 Å². The van der Waals surface area contributed by atoms with E-state index >= 15 is 0 Å². The predicted molar refractivity (Wildman–Crippen MR) is 138 cm³/mol. The summed E-state index contributed by atoms with van der Waals surface area (Å²) < 4.78 is 10.1. The van der Waals surface area contributed by atoms with Crippen LogP contribution in [0.5, 0.6) is 0 Å². The number of carboxylic acids is 1. The monoisotopic (exact) mass is 537 g/mol. The van der Waals surface area contributed by atoms with Gasteiger partial charge < -0.3 is 25.6 Å². The van der Waals surface area contributed by atoms with E-state index in [0.29, 0.717) is 52.0 Å². The first-order valence-electron chi connectivity index (χ1n) is 9.10. The summed E-state index contributed by atoms with van der Waals surface area (Å²) in [5, 5.41) is 14.3. The maximum atomic E-state index is 11.7. The van der Waals surface area contributed by atoms with Gasteiger partial charge in [-0.25, -0.2) is 9.79 Å². The molecule has 0 saturated carbocycles. The third-order valence-electron chi connectivity index (χ3n) is 3.24. The van der Waals surface area contributed by atoms with Gasteiger partial charge in [0.15, 0.2) is 5.17 Å². The number of methoxy groups -OCH3 is 1. The van der Waals surface area contributed by atoms with Crippen molar-refractivity contribution in [3.05, 3.63) is 0 Å². The first-order chi connectivity index (χ1) is 14.5. The number of hydrogen-bond acceptors (Lipinski definition) is 11. The zero-order valence-electron chi connectivity index (χ0n) is 17.2. The number of nitrogens with one attached hydrogen (secondary N) is 1. The van der Waals surface area contributed by atoms with Crippen LogP contribution in [-0.4, -0.2) is 78.1 Å². The van der Waals surface area contributed by atoms with Crippen LogP contribution < -0.4 is 11.1 Å². The highest BCUT2D eigenvalue weighted by Gasteiger charge is 2.16. The lowest BCUT2D eigenvalue weighted by atomic mass is 10.1. The van der Waals surface area contributed by atoms with Crippen molar-refractivity contribution in [1.82, 2.24) is 5.32 Å². The Labute approximate surface area is 202 Å². The number of nitrogens with two attached hydrogens (primary N) is 1. The number of amides is 1. The molecule has 0 aliphatic heterocycles. The lowest BCUT2D eigenvalue weighted by molar-refractivity contribution is -0.138. The van der Waals surface area contributed by atoms with Crippen LogP contribution in [-0.2, 0) is 19.1 Å². The molecule has 0 aliphatic rings. The fraction of sp³-hybridized carbons (Fsp3) is 0.812. The molecule has 1 amide bonds. The minimum Gasteiger partial charge on any atom is -0.480 e. The Hall–Kier alpha value is 0.430. The highest BCUT2D eigenvalue weighted by molar-refractivity contribution is 8.89. The van der Waals surface area contributed by atoms with Crippen molar-refractivity contribution in [1.29, 1.82) is 0 Å². The normalized spacial score (nSPS) is 12.7. The maximum Gasteiger partial charge on any atom is 0.328 e. The van der Waals surface area contributed by atoms with Gasteiger partial charge in [-0.15, -0.1) is 0 Å². The van der Waals surface area contributed by atoms with Gasteiger partial charge in [-0.2, -0.15) is 0 Å². The first kappa shape index (κ1) is 30.4. The Morgan fingerprint density at radius 3 is 2.50 bits per heavy atom. The molecule has 0 saturated heterocycles. The first-order valence-corrected chi connectivity index (χ1v) is 16.6. The Morgan fingerprint density at radius 1 is 1.10 bits per heavy atom. The second kappa shape index (κ2) is 22.6. The van der Waals surface area contributed by atoms with Gasteiger partial charge in [0.05, 0.1) is 30.0 Å². The van der Waals surface area contributed by atoms with Crippen LogP contribution in [0.15, 0.2) is 4.99 Å². The molecular weight excluding hydrogens is 507 g/mol. The van der Waals surface area contributed by atoms with Crippen LogP contribution >= 0.6 is 64.8 Å². The summed E-state index contributed by atoms with van der Waals surface area (Å²) in [7, 11) is 11.5. The molecule has 0 bridgehead atoms. The molecule has 0 aromatic carbocycles. The topological polar surface area (TPSA) is 123 Å². The Balaban J connectivity index is 3.88. The number of carboxylic acid groups (broad SMARTS) is 1. The van der Waals surface area contributed by atoms with Crippen molar-refractivity contribution in [3.8, 4) is 0 Å². The zero-order chi connectivity index (χ0) is 22.5. The van der Waals surface area contributed by atoms with Crippen LogP contribution in [0.2, 0.25) is 0 Å². The molecule has 0 aliphatic carbocycles. The zero-order valence-corrected chi connectivity index (χ0v) is 22.1. The van der Waals surface area contributed by atoms with Crippen molar-refractivity contribution in [3.63, 3.8) is 0 Å². The Bertz CT molecular complexity index is 490. The molecular formula is C16H31N3O5S6. The van der Waals surface area contributed by atoms with Gasteiger partial charge in [0, 0.05) is 20.1 Å². The highest BCUT2D eigenvalue weighted by atomic mass is 33.2. The number of hydrogen-bond donors (Lipinski definition) is 3. The lowest BCUT2D eigenvalue weighted by Crippen LogP contribution is -2.26. The van der Waals surface area contributed by atoms with Crippen LogP contribution in [0.25, 0.3) is 0 Å². The third-order valence-corrected chi connectivity index (χ3v) is 11.1. The largest absolute Gasteiger partial charge is 0.480 e. The van der Waals surface area contributed by atoms with Gasteiger partial charge in [0.25, 0.3) is 0 Å². The molecule has 0 aromatic rings. The van der Waals surface area contributed by atoms with E-state index in [1.54, 1.807) is 61.1 Å². The molecule has 0 aromatic heterocycles.